The van der Waals surface area contributed by atoms with Gasteiger partial charge in [0.1, 0.15) is 6.33 Å². The van der Waals surface area contributed by atoms with E-state index in [4.69, 9.17) is 0 Å². The van der Waals surface area contributed by atoms with Crippen molar-refractivity contribution in [1.29, 1.82) is 0 Å². The number of tetrazole rings is 1. The quantitative estimate of drug-likeness (QED) is 0.732. The number of hydrogen-bond acceptors (Lipinski definition) is 6. The van der Waals surface area contributed by atoms with Crippen molar-refractivity contribution in [2.75, 3.05) is 20.6 Å². The molecule has 7 nitrogen and oxygen atoms in total. The third-order valence-electron chi connectivity index (χ3n) is 4.06. The zero-order valence-corrected chi connectivity index (χ0v) is 15.2. The largest absolute Gasteiger partial charge is 0.350 e. The molecular formula is C17H20N6OS. The molecule has 3 rings (SSSR count). The molecule has 1 amide bonds. The number of amides is 1. The standard InChI is InChI=1S/C17H20N6OS/c1-12-8-13(4-5-15(12)23-11-19-20-21-23)17(24)18-9-16(22(2)3)14-6-7-25-10-14/h4-8,10-11,16H,9H2,1-3H3,(H,18,24). The van der Waals surface area contributed by atoms with E-state index in [2.05, 4.69) is 42.6 Å². The minimum absolute atomic E-state index is 0.0894. The molecule has 0 aliphatic rings. The van der Waals surface area contributed by atoms with Gasteiger partial charge in [0.05, 0.1) is 11.7 Å². The van der Waals surface area contributed by atoms with Gasteiger partial charge in [-0.1, -0.05) is 0 Å². The lowest BCUT2D eigenvalue weighted by Gasteiger charge is -2.24. The summed E-state index contributed by atoms with van der Waals surface area (Å²) >= 11 is 1.66. The molecule has 130 valence electrons. The van der Waals surface area contributed by atoms with Crippen LogP contribution >= 0.6 is 11.3 Å². The van der Waals surface area contributed by atoms with Crippen LogP contribution in [0.5, 0.6) is 0 Å². The molecule has 0 bridgehead atoms. The summed E-state index contributed by atoms with van der Waals surface area (Å²) in [6.07, 6.45) is 1.53. The smallest absolute Gasteiger partial charge is 0.251 e. The lowest BCUT2D eigenvalue weighted by Crippen LogP contribution is -2.34. The average molecular weight is 356 g/mol. The second-order valence-corrected chi connectivity index (χ2v) is 6.78. The maximum absolute atomic E-state index is 12.5. The number of carbonyl (C=O) groups excluding carboxylic acids is 1. The Balaban J connectivity index is 1.70. The number of thiophene rings is 1. The maximum Gasteiger partial charge on any atom is 0.251 e. The van der Waals surface area contributed by atoms with E-state index in [0.717, 1.165) is 11.3 Å². The molecule has 2 aromatic heterocycles. The van der Waals surface area contributed by atoms with Gasteiger partial charge < -0.3 is 10.2 Å². The first-order chi connectivity index (χ1) is 12.1. The van der Waals surface area contributed by atoms with Crippen LogP contribution in [0.15, 0.2) is 41.4 Å². The number of nitrogens with one attached hydrogen (secondary N) is 1. The number of hydrogen-bond donors (Lipinski definition) is 1. The Morgan fingerprint density at radius 2 is 2.20 bits per heavy atom. The topological polar surface area (TPSA) is 75.9 Å². The van der Waals surface area contributed by atoms with Crippen molar-refractivity contribution in [1.82, 2.24) is 30.4 Å². The van der Waals surface area contributed by atoms with Crippen LogP contribution in [0.25, 0.3) is 5.69 Å². The van der Waals surface area contributed by atoms with Crippen molar-refractivity contribution in [2.24, 2.45) is 0 Å². The first-order valence-electron chi connectivity index (χ1n) is 7.87. The predicted molar refractivity (Wildman–Crippen MR) is 97.0 cm³/mol. The molecule has 0 fully saturated rings. The zero-order valence-electron chi connectivity index (χ0n) is 14.4. The molecule has 0 aliphatic carbocycles. The SMILES string of the molecule is Cc1cc(C(=O)NCC(c2ccsc2)N(C)C)ccc1-n1cnnn1. The van der Waals surface area contributed by atoms with Crippen molar-refractivity contribution in [3.8, 4) is 5.69 Å². The Bertz CT molecular complexity index is 829. The number of likely N-dealkylation sites (N-methyl/N-ethyl adjacent to an activating group) is 1. The molecule has 0 aliphatic heterocycles. The highest BCUT2D eigenvalue weighted by atomic mass is 32.1. The van der Waals surface area contributed by atoms with Crippen LogP contribution in [0.1, 0.15) is 27.5 Å². The van der Waals surface area contributed by atoms with Crippen LogP contribution < -0.4 is 5.32 Å². The molecule has 0 spiro atoms. The summed E-state index contributed by atoms with van der Waals surface area (Å²) in [5, 5.41) is 18.3. The molecule has 0 saturated heterocycles. The third kappa shape index (κ3) is 3.92. The number of rotatable bonds is 6. The van der Waals surface area contributed by atoms with Crippen LogP contribution in [0, 0.1) is 6.92 Å². The van der Waals surface area contributed by atoms with E-state index in [0.29, 0.717) is 12.1 Å². The van der Waals surface area contributed by atoms with Gasteiger partial charge in [0.25, 0.3) is 5.91 Å². The van der Waals surface area contributed by atoms with Crippen molar-refractivity contribution < 1.29 is 4.79 Å². The van der Waals surface area contributed by atoms with Crippen LogP contribution in [-0.4, -0.2) is 51.7 Å². The Morgan fingerprint density at radius 3 is 2.80 bits per heavy atom. The van der Waals surface area contributed by atoms with E-state index in [1.54, 1.807) is 22.1 Å². The van der Waals surface area contributed by atoms with Crippen LogP contribution in [0.4, 0.5) is 0 Å². The highest BCUT2D eigenvalue weighted by molar-refractivity contribution is 7.07. The van der Waals surface area contributed by atoms with Gasteiger partial charge in [-0.3, -0.25) is 4.79 Å². The molecule has 0 radical (unpaired) electrons. The van der Waals surface area contributed by atoms with Crippen molar-refractivity contribution >= 4 is 17.2 Å². The monoisotopic (exact) mass is 356 g/mol. The highest BCUT2D eigenvalue weighted by Gasteiger charge is 2.16. The van der Waals surface area contributed by atoms with Crippen LogP contribution in [0.2, 0.25) is 0 Å². The number of carbonyl (C=O) groups is 1. The average Bonchev–Trinajstić information content (AvgIpc) is 3.28. The van der Waals surface area contributed by atoms with E-state index in [-0.39, 0.29) is 11.9 Å². The summed E-state index contributed by atoms with van der Waals surface area (Å²) in [5.74, 6) is -0.0894. The Kier molecular flexibility index (Phi) is 5.20. The molecule has 1 N–H and O–H groups in total. The molecule has 1 atom stereocenters. The van der Waals surface area contributed by atoms with Gasteiger partial charge >= 0.3 is 0 Å². The number of aryl methyl sites for hydroxylation is 1. The maximum atomic E-state index is 12.5. The van der Waals surface area contributed by atoms with Gasteiger partial charge in [-0.2, -0.15) is 11.3 Å². The summed E-state index contributed by atoms with van der Waals surface area (Å²) in [4.78, 5) is 14.6. The summed E-state index contributed by atoms with van der Waals surface area (Å²) in [6.45, 7) is 2.48. The van der Waals surface area contributed by atoms with Crippen LogP contribution in [-0.2, 0) is 0 Å². The number of benzene rings is 1. The second kappa shape index (κ2) is 7.54. The third-order valence-corrected chi connectivity index (χ3v) is 4.76. The van der Waals surface area contributed by atoms with E-state index in [1.807, 2.05) is 33.2 Å². The second-order valence-electron chi connectivity index (χ2n) is 6.00. The lowest BCUT2D eigenvalue weighted by molar-refractivity contribution is 0.0942. The lowest BCUT2D eigenvalue weighted by atomic mass is 10.1. The number of aromatic nitrogens is 4. The van der Waals surface area contributed by atoms with Gasteiger partial charge in [0.15, 0.2) is 0 Å². The Hall–Kier alpha value is -2.58. The van der Waals surface area contributed by atoms with Crippen LogP contribution in [0.3, 0.4) is 0 Å². The van der Waals surface area contributed by atoms with Gasteiger partial charge in [-0.05, 0) is 77.6 Å². The van der Waals surface area contributed by atoms with Crippen molar-refractivity contribution in [3.63, 3.8) is 0 Å². The minimum atomic E-state index is -0.0894. The minimum Gasteiger partial charge on any atom is -0.350 e. The zero-order chi connectivity index (χ0) is 17.8. The molecule has 25 heavy (non-hydrogen) atoms. The summed E-state index contributed by atoms with van der Waals surface area (Å²) in [7, 11) is 4.03. The predicted octanol–water partition coefficient (Wildman–Crippen LogP) is 2.06. The molecule has 0 saturated carbocycles. The molecule has 3 aromatic rings. The summed E-state index contributed by atoms with van der Waals surface area (Å²) < 4.78 is 1.58. The van der Waals surface area contributed by atoms with Gasteiger partial charge in [0, 0.05) is 12.1 Å². The highest BCUT2D eigenvalue weighted by Crippen LogP contribution is 2.20. The molecule has 8 heteroatoms. The van der Waals surface area contributed by atoms with Crippen molar-refractivity contribution in [2.45, 2.75) is 13.0 Å². The fraction of sp³-hybridized carbons (Fsp3) is 0.294. The number of nitrogens with zero attached hydrogens (tertiary/aromatic N) is 5. The first kappa shape index (κ1) is 17.2. The molecular weight excluding hydrogens is 336 g/mol. The molecule has 1 unspecified atom stereocenters. The first-order valence-corrected chi connectivity index (χ1v) is 8.81. The molecule has 2 heterocycles. The van der Waals surface area contributed by atoms with E-state index < -0.39 is 0 Å². The van der Waals surface area contributed by atoms with Gasteiger partial charge in [-0.15, -0.1) is 5.10 Å². The van der Waals surface area contributed by atoms with Crippen molar-refractivity contribution in [3.05, 3.63) is 58.0 Å². The fourth-order valence-electron chi connectivity index (χ4n) is 2.68. The Labute approximate surface area is 150 Å². The normalized spacial score (nSPS) is 12.3. The fourth-order valence-corrected chi connectivity index (χ4v) is 3.39. The molecule has 1 aromatic carbocycles. The van der Waals surface area contributed by atoms with E-state index in [9.17, 15) is 4.79 Å². The summed E-state index contributed by atoms with van der Waals surface area (Å²) in [6, 6.07) is 7.72. The Morgan fingerprint density at radius 1 is 1.36 bits per heavy atom. The van der Waals surface area contributed by atoms with Gasteiger partial charge in [0.2, 0.25) is 0 Å². The van der Waals surface area contributed by atoms with E-state index >= 15 is 0 Å². The van der Waals surface area contributed by atoms with E-state index in [1.165, 1.54) is 11.9 Å². The summed E-state index contributed by atoms with van der Waals surface area (Å²) in [5.41, 5.74) is 3.62. The van der Waals surface area contributed by atoms with Gasteiger partial charge in [-0.25, -0.2) is 4.68 Å².